The van der Waals surface area contributed by atoms with E-state index in [-0.39, 0.29) is 18.0 Å². The number of benzene rings is 3. The Bertz CT molecular complexity index is 1110. The lowest BCUT2D eigenvalue weighted by molar-refractivity contribution is 0.0252. The van der Waals surface area contributed by atoms with Gasteiger partial charge in [0, 0.05) is 44.7 Å². The maximum absolute atomic E-state index is 13.2. The fraction of sp³-hybridized carbons (Fsp3) is 0.259. The van der Waals surface area contributed by atoms with Crippen LogP contribution in [0.3, 0.4) is 0 Å². The second-order valence-electron chi connectivity index (χ2n) is 8.43. The van der Waals surface area contributed by atoms with Crippen LogP contribution in [0, 0.1) is 0 Å². The van der Waals surface area contributed by atoms with Gasteiger partial charge in [-0.25, -0.2) is 4.79 Å². The number of amides is 1. The highest BCUT2D eigenvalue weighted by Crippen LogP contribution is 2.31. The highest BCUT2D eigenvalue weighted by Gasteiger charge is 2.29. The molecule has 0 unspecified atom stereocenters. The molecule has 162 valence electrons. The van der Waals surface area contributed by atoms with Crippen molar-refractivity contribution in [2.75, 3.05) is 26.2 Å². The molecule has 1 fully saturated rings. The molecule has 0 aliphatic carbocycles. The lowest BCUT2D eigenvalue weighted by atomic mass is 9.93. The van der Waals surface area contributed by atoms with Crippen LogP contribution in [0.25, 0.3) is 0 Å². The van der Waals surface area contributed by atoms with Crippen LogP contribution in [0.2, 0.25) is 0 Å². The van der Waals surface area contributed by atoms with Crippen molar-refractivity contribution in [1.29, 1.82) is 0 Å². The number of esters is 1. The van der Waals surface area contributed by atoms with Crippen molar-refractivity contribution < 1.29 is 14.3 Å². The Morgan fingerprint density at radius 2 is 1.56 bits per heavy atom. The van der Waals surface area contributed by atoms with E-state index < -0.39 is 0 Å². The summed E-state index contributed by atoms with van der Waals surface area (Å²) < 4.78 is 5.64. The third-order valence-corrected chi connectivity index (χ3v) is 6.31. The first-order valence-corrected chi connectivity index (χ1v) is 11.1. The molecule has 0 saturated carbocycles. The summed E-state index contributed by atoms with van der Waals surface area (Å²) in [5, 5.41) is 0. The zero-order chi connectivity index (χ0) is 21.9. The molecular weight excluding hydrogens is 400 g/mol. The van der Waals surface area contributed by atoms with Crippen molar-refractivity contribution in [2.24, 2.45) is 0 Å². The number of rotatable bonds is 4. The van der Waals surface area contributed by atoms with Crippen molar-refractivity contribution in [2.45, 2.75) is 19.1 Å². The molecule has 32 heavy (non-hydrogen) atoms. The number of piperazine rings is 1. The lowest BCUT2D eigenvalue weighted by Crippen LogP contribution is -2.48. The summed E-state index contributed by atoms with van der Waals surface area (Å²) in [5.74, 6) is -0.295. The molecule has 2 heterocycles. The molecule has 0 radical (unpaired) electrons. The van der Waals surface area contributed by atoms with Gasteiger partial charge in [0.15, 0.2) is 0 Å². The van der Waals surface area contributed by atoms with Crippen LogP contribution < -0.4 is 0 Å². The summed E-state index contributed by atoms with van der Waals surface area (Å²) in [6.45, 7) is 4.03. The maximum atomic E-state index is 13.2. The van der Waals surface area contributed by atoms with Crippen LogP contribution in [0.1, 0.15) is 43.5 Å². The van der Waals surface area contributed by atoms with Gasteiger partial charge in [0.25, 0.3) is 5.91 Å². The van der Waals surface area contributed by atoms with E-state index in [4.69, 9.17) is 4.74 Å². The molecule has 0 aromatic heterocycles. The minimum absolute atomic E-state index is 0.0300. The van der Waals surface area contributed by atoms with Gasteiger partial charge in [-0.05, 0) is 34.9 Å². The van der Waals surface area contributed by atoms with Crippen LogP contribution in [-0.2, 0) is 17.7 Å². The SMILES string of the molecule is O=C1O[C@H](c2ccccc2)Cc2cc(C(=O)N3CCN(Cc4ccccc4)CC3)ccc21. The monoisotopic (exact) mass is 426 g/mol. The summed E-state index contributed by atoms with van der Waals surface area (Å²) in [6.07, 6.45) is 0.264. The molecule has 2 aliphatic heterocycles. The number of hydrogen-bond acceptors (Lipinski definition) is 4. The van der Waals surface area contributed by atoms with Gasteiger partial charge in [0.05, 0.1) is 5.56 Å². The summed E-state index contributed by atoms with van der Waals surface area (Å²) >= 11 is 0. The predicted molar refractivity (Wildman–Crippen MR) is 122 cm³/mol. The molecule has 0 bridgehead atoms. The fourth-order valence-corrected chi connectivity index (χ4v) is 4.52. The third-order valence-electron chi connectivity index (χ3n) is 6.31. The van der Waals surface area contributed by atoms with Gasteiger partial charge in [-0.2, -0.15) is 0 Å². The largest absolute Gasteiger partial charge is 0.454 e. The first-order chi connectivity index (χ1) is 15.7. The lowest BCUT2D eigenvalue weighted by Gasteiger charge is -2.35. The van der Waals surface area contributed by atoms with E-state index in [9.17, 15) is 9.59 Å². The molecule has 0 spiro atoms. The molecule has 5 heteroatoms. The Morgan fingerprint density at radius 1 is 0.875 bits per heavy atom. The average Bonchev–Trinajstić information content (AvgIpc) is 2.85. The quantitative estimate of drug-likeness (QED) is 0.590. The third kappa shape index (κ3) is 4.30. The van der Waals surface area contributed by atoms with Crippen molar-refractivity contribution in [1.82, 2.24) is 9.80 Å². The van der Waals surface area contributed by atoms with E-state index in [0.717, 1.165) is 30.8 Å². The zero-order valence-corrected chi connectivity index (χ0v) is 17.9. The van der Waals surface area contributed by atoms with Crippen LogP contribution in [0.5, 0.6) is 0 Å². The molecule has 0 N–H and O–H groups in total. The first kappa shape index (κ1) is 20.5. The molecule has 2 aliphatic rings. The van der Waals surface area contributed by atoms with Crippen molar-refractivity contribution in [3.63, 3.8) is 0 Å². The number of ether oxygens (including phenoxy) is 1. The van der Waals surface area contributed by atoms with Gasteiger partial charge >= 0.3 is 5.97 Å². The minimum atomic E-state index is -0.325. The smallest absolute Gasteiger partial charge is 0.339 e. The molecule has 1 saturated heterocycles. The van der Waals surface area contributed by atoms with Crippen molar-refractivity contribution in [3.05, 3.63) is 107 Å². The number of carbonyl (C=O) groups is 2. The van der Waals surface area contributed by atoms with E-state index in [1.807, 2.05) is 47.4 Å². The summed E-state index contributed by atoms with van der Waals surface area (Å²) in [6, 6.07) is 25.5. The van der Waals surface area contributed by atoms with E-state index in [2.05, 4.69) is 29.2 Å². The molecule has 5 nitrogen and oxygen atoms in total. The molecular formula is C27H26N2O3. The van der Waals surface area contributed by atoms with Gasteiger partial charge in [0.2, 0.25) is 0 Å². The van der Waals surface area contributed by atoms with Gasteiger partial charge in [-0.1, -0.05) is 60.7 Å². The Hall–Kier alpha value is -3.44. The second-order valence-corrected chi connectivity index (χ2v) is 8.43. The van der Waals surface area contributed by atoms with E-state index >= 15 is 0 Å². The highest BCUT2D eigenvalue weighted by atomic mass is 16.5. The van der Waals surface area contributed by atoms with Crippen LogP contribution >= 0.6 is 0 Å². The van der Waals surface area contributed by atoms with Crippen molar-refractivity contribution in [3.8, 4) is 0 Å². The molecule has 1 atom stereocenters. The normalized spacial score (nSPS) is 18.7. The number of fused-ring (bicyclic) bond motifs is 1. The molecule has 3 aromatic carbocycles. The van der Waals surface area contributed by atoms with Crippen LogP contribution in [0.15, 0.2) is 78.9 Å². The Morgan fingerprint density at radius 3 is 2.28 bits per heavy atom. The number of hydrogen-bond donors (Lipinski definition) is 0. The maximum Gasteiger partial charge on any atom is 0.339 e. The fourth-order valence-electron chi connectivity index (χ4n) is 4.52. The average molecular weight is 427 g/mol. The first-order valence-electron chi connectivity index (χ1n) is 11.1. The van der Waals surface area contributed by atoms with Gasteiger partial charge in [0.1, 0.15) is 6.10 Å². The summed E-state index contributed by atoms with van der Waals surface area (Å²) in [7, 11) is 0. The number of nitrogens with zero attached hydrogens (tertiary/aromatic N) is 2. The zero-order valence-electron chi connectivity index (χ0n) is 17.9. The Kier molecular flexibility index (Phi) is 5.73. The molecule has 1 amide bonds. The van der Waals surface area contributed by atoms with E-state index in [0.29, 0.717) is 30.6 Å². The Labute approximate surface area is 188 Å². The van der Waals surface area contributed by atoms with Crippen LogP contribution in [0.4, 0.5) is 0 Å². The van der Waals surface area contributed by atoms with E-state index in [1.165, 1.54) is 5.56 Å². The minimum Gasteiger partial charge on any atom is -0.454 e. The molecule has 5 rings (SSSR count). The predicted octanol–water partition coefficient (Wildman–Crippen LogP) is 4.10. The van der Waals surface area contributed by atoms with Gasteiger partial charge < -0.3 is 9.64 Å². The van der Waals surface area contributed by atoms with Gasteiger partial charge in [-0.15, -0.1) is 0 Å². The summed E-state index contributed by atoms with van der Waals surface area (Å²) in [4.78, 5) is 30.0. The molecule has 3 aromatic rings. The second kappa shape index (κ2) is 8.97. The van der Waals surface area contributed by atoms with E-state index in [1.54, 1.807) is 12.1 Å². The Balaban J connectivity index is 1.26. The van der Waals surface area contributed by atoms with Crippen molar-refractivity contribution >= 4 is 11.9 Å². The highest BCUT2D eigenvalue weighted by molar-refractivity contribution is 5.97. The topological polar surface area (TPSA) is 49.9 Å². The van der Waals surface area contributed by atoms with Crippen LogP contribution in [-0.4, -0.2) is 47.9 Å². The van der Waals surface area contributed by atoms with Gasteiger partial charge in [-0.3, -0.25) is 9.69 Å². The summed E-state index contributed by atoms with van der Waals surface area (Å²) in [5.41, 5.74) is 4.34. The standard InChI is InChI=1S/C27H26N2O3/c30-26(29-15-13-28(14-16-29)19-20-7-3-1-4-8-20)22-11-12-24-23(17-22)18-25(32-27(24)31)21-9-5-2-6-10-21/h1-12,17,25H,13-16,18-19H2/t25-/m0/s1. The number of cyclic esters (lactones) is 1. The number of carbonyl (C=O) groups excluding carboxylic acids is 2.